The van der Waals surface area contributed by atoms with Crippen molar-refractivity contribution in [3.05, 3.63) is 36.2 Å². The van der Waals surface area contributed by atoms with Gasteiger partial charge in [-0.3, -0.25) is 9.48 Å². The number of carbonyl (C=O) groups excluding carboxylic acids is 1. The fourth-order valence-electron chi connectivity index (χ4n) is 2.53. The van der Waals surface area contributed by atoms with Crippen LogP contribution in [0.3, 0.4) is 0 Å². The number of carbonyl (C=O) groups is 1. The van der Waals surface area contributed by atoms with Crippen molar-refractivity contribution < 1.29 is 13.6 Å². The van der Waals surface area contributed by atoms with Gasteiger partial charge in [0.2, 0.25) is 11.7 Å². The van der Waals surface area contributed by atoms with Crippen LogP contribution in [0.15, 0.2) is 24.7 Å². The number of nitrogens with one attached hydrogen (secondary N) is 2. The van der Waals surface area contributed by atoms with Gasteiger partial charge < -0.3 is 10.6 Å². The smallest absolute Gasteiger partial charge is 0.303 e. The Morgan fingerprint density at radius 1 is 1.21 bits per heavy atom. The minimum atomic E-state index is -3.19. The van der Waals surface area contributed by atoms with Crippen molar-refractivity contribution in [3.8, 4) is 11.4 Å². The lowest BCUT2D eigenvalue weighted by atomic mass is 10.2. The molecule has 0 radical (unpaired) electrons. The molecule has 0 bridgehead atoms. The van der Waals surface area contributed by atoms with E-state index in [9.17, 15) is 13.6 Å². The second-order valence-electron chi connectivity index (χ2n) is 6.47. The van der Waals surface area contributed by atoms with Crippen molar-refractivity contribution in [2.45, 2.75) is 33.1 Å². The number of nitrogens with zero attached hydrogens (tertiary/aromatic N) is 6. The van der Waals surface area contributed by atoms with E-state index in [-0.39, 0.29) is 17.5 Å². The van der Waals surface area contributed by atoms with Gasteiger partial charge in [-0.05, 0) is 6.42 Å². The lowest BCUT2D eigenvalue weighted by molar-refractivity contribution is -0.114. The number of hydrogen-bond donors (Lipinski definition) is 2. The Bertz CT molecular complexity index is 1040. The molecule has 0 unspecified atom stereocenters. The van der Waals surface area contributed by atoms with Gasteiger partial charge in [-0.25, -0.2) is 19.9 Å². The molecule has 0 saturated carbocycles. The fraction of sp³-hybridized carbons (Fsp3) is 0.333. The summed E-state index contributed by atoms with van der Waals surface area (Å²) in [5.74, 6) is -3.21. The van der Waals surface area contributed by atoms with E-state index >= 15 is 0 Å². The number of anilines is 3. The number of rotatable bonds is 6. The molecular weight excluding hydrogens is 382 g/mol. The average Bonchev–Trinajstić information content (AvgIpc) is 3.06. The van der Waals surface area contributed by atoms with E-state index in [0.29, 0.717) is 29.2 Å². The van der Waals surface area contributed by atoms with E-state index in [4.69, 9.17) is 0 Å². The Morgan fingerprint density at radius 3 is 2.55 bits per heavy atom. The van der Waals surface area contributed by atoms with Gasteiger partial charge in [0.15, 0.2) is 5.82 Å². The van der Waals surface area contributed by atoms with Gasteiger partial charge in [-0.15, -0.1) is 0 Å². The van der Waals surface area contributed by atoms with E-state index in [1.165, 1.54) is 24.1 Å². The summed E-state index contributed by atoms with van der Waals surface area (Å²) in [5, 5.41) is 9.85. The van der Waals surface area contributed by atoms with Crippen molar-refractivity contribution in [1.29, 1.82) is 0 Å². The monoisotopic (exact) mass is 402 g/mol. The van der Waals surface area contributed by atoms with Gasteiger partial charge in [-0.2, -0.15) is 13.9 Å². The zero-order valence-electron chi connectivity index (χ0n) is 16.4. The Hall–Kier alpha value is -3.50. The van der Waals surface area contributed by atoms with Crippen LogP contribution < -0.4 is 10.6 Å². The number of aryl methyl sites for hydroxylation is 2. The molecule has 0 aliphatic heterocycles. The SMILES string of the molecule is CCc1cc(Nc2cc(NC(C)=O)ncc2-c2ncn(C)n2)nc(C(C)(F)F)n1. The third kappa shape index (κ3) is 4.86. The Morgan fingerprint density at radius 2 is 1.97 bits per heavy atom. The summed E-state index contributed by atoms with van der Waals surface area (Å²) in [5.41, 5.74) is 1.43. The van der Waals surface area contributed by atoms with E-state index in [2.05, 4.69) is 35.7 Å². The van der Waals surface area contributed by atoms with E-state index in [1.54, 1.807) is 19.2 Å². The summed E-state index contributed by atoms with van der Waals surface area (Å²) in [6.45, 7) is 3.92. The third-order valence-electron chi connectivity index (χ3n) is 3.85. The molecule has 0 fully saturated rings. The van der Waals surface area contributed by atoms with Crippen LogP contribution in [0.4, 0.5) is 26.1 Å². The molecular formula is C18H20F2N8O. The molecule has 0 saturated heterocycles. The van der Waals surface area contributed by atoms with Crippen LogP contribution in [0.5, 0.6) is 0 Å². The van der Waals surface area contributed by atoms with Gasteiger partial charge >= 0.3 is 5.92 Å². The summed E-state index contributed by atoms with van der Waals surface area (Å²) < 4.78 is 29.1. The molecule has 0 aliphatic rings. The number of halogens is 2. The van der Waals surface area contributed by atoms with Crippen molar-refractivity contribution in [2.75, 3.05) is 10.6 Å². The Balaban J connectivity index is 2.08. The predicted molar refractivity (Wildman–Crippen MR) is 103 cm³/mol. The lowest BCUT2D eigenvalue weighted by Gasteiger charge is -2.15. The van der Waals surface area contributed by atoms with E-state index in [0.717, 1.165) is 6.92 Å². The van der Waals surface area contributed by atoms with Crippen molar-refractivity contribution in [3.63, 3.8) is 0 Å². The van der Waals surface area contributed by atoms with Gasteiger partial charge in [0.1, 0.15) is 18.0 Å². The third-order valence-corrected chi connectivity index (χ3v) is 3.85. The van der Waals surface area contributed by atoms with Gasteiger partial charge in [0.25, 0.3) is 0 Å². The second kappa shape index (κ2) is 7.86. The summed E-state index contributed by atoms with van der Waals surface area (Å²) in [4.78, 5) is 27.6. The minimum absolute atomic E-state index is 0.186. The molecule has 0 aromatic carbocycles. The van der Waals surface area contributed by atoms with Gasteiger partial charge in [0, 0.05) is 44.9 Å². The summed E-state index contributed by atoms with van der Waals surface area (Å²) >= 11 is 0. The largest absolute Gasteiger partial charge is 0.339 e. The zero-order valence-corrected chi connectivity index (χ0v) is 16.4. The quantitative estimate of drug-likeness (QED) is 0.652. The van der Waals surface area contributed by atoms with E-state index in [1.807, 2.05) is 6.92 Å². The fourth-order valence-corrected chi connectivity index (χ4v) is 2.53. The molecule has 3 heterocycles. The average molecular weight is 402 g/mol. The van der Waals surface area contributed by atoms with Crippen LogP contribution in [-0.2, 0) is 24.2 Å². The standard InChI is InChI=1S/C18H20F2N8O/c1-5-11-6-15(26-17(24-11)18(3,19)20)25-13-7-14(23-10(2)29)21-8-12(13)16-22-9-28(4)27-16/h6-9H,5H2,1-4H3,(H2,21,23,24,25,26,29). The molecule has 3 rings (SSSR count). The summed E-state index contributed by atoms with van der Waals surface area (Å²) in [6.07, 6.45) is 3.47. The van der Waals surface area contributed by atoms with Gasteiger partial charge in [-0.1, -0.05) is 6.92 Å². The number of amides is 1. The normalized spacial score (nSPS) is 11.4. The highest BCUT2D eigenvalue weighted by Gasteiger charge is 2.29. The molecule has 3 aromatic rings. The topological polar surface area (TPSA) is 111 Å². The van der Waals surface area contributed by atoms with Crippen LogP contribution in [0.2, 0.25) is 0 Å². The zero-order chi connectivity index (χ0) is 21.2. The number of hydrogen-bond acceptors (Lipinski definition) is 7. The molecule has 2 N–H and O–H groups in total. The Labute approximate surface area is 165 Å². The maximum Gasteiger partial charge on any atom is 0.303 e. The Kier molecular flexibility index (Phi) is 5.48. The second-order valence-corrected chi connectivity index (χ2v) is 6.47. The molecule has 3 aromatic heterocycles. The first kappa shape index (κ1) is 20.2. The summed E-state index contributed by atoms with van der Waals surface area (Å²) in [7, 11) is 1.72. The molecule has 152 valence electrons. The molecule has 29 heavy (non-hydrogen) atoms. The first-order valence-electron chi connectivity index (χ1n) is 8.82. The first-order valence-corrected chi connectivity index (χ1v) is 8.82. The molecule has 0 atom stereocenters. The summed E-state index contributed by atoms with van der Waals surface area (Å²) in [6, 6.07) is 3.15. The predicted octanol–water partition coefficient (Wildman–Crippen LogP) is 3.04. The highest BCUT2D eigenvalue weighted by molar-refractivity contribution is 5.89. The van der Waals surface area contributed by atoms with Gasteiger partial charge in [0.05, 0.1) is 11.3 Å². The van der Waals surface area contributed by atoms with Crippen molar-refractivity contribution in [1.82, 2.24) is 29.7 Å². The molecule has 11 heteroatoms. The number of pyridine rings is 1. The maximum atomic E-state index is 13.8. The first-order chi connectivity index (χ1) is 13.7. The maximum absolute atomic E-state index is 13.8. The van der Waals surface area contributed by atoms with Crippen LogP contribution in [0, 0.1) is 0 Å². The van der Waals surface area contributed by atoms with Crippen molar-refractivity contribution >= 4 is 23.2 Å². The van der Waals surface area contributed by atoms with Crippen LogP contribution in [0.1, 0.15) is 32.3 Å². The van der Waals surface area contributed by atoms with E-state index < -0.39 is 11.7 Å². The molecule has 0 aliphatic carbocycles. The highest BCUT2D eigenvalue weighted by atomic mass is 19.3. The molecule has 9 nitrogen and oxygen atoms in total. The van der Waals surface area contributed by atoms with Crippen molar-refractivity contribution in [2.24, 2.45) is 7.05 Å². The highest BCUT2D eigenvalue weighted by Crippen LogP contribution is 2.31. The number of aromatic nitrogens is 6. The molecule has 1 amide bonds. The number of alkyl halides is 2. The van der Waals surface area contributed by atoms with Crippen LogP contribution in [0.25, 0.3) is 11.4 Å². The minimum Gasteiger partial charge on any atom is -0.339 e. The van der Waals surface area contributed by atoms with Crippen LogP contribution in [-0.4, -0.2) is 35.6 Å². The van der Waals surface area contributed by atoms with Crippen LogP contribution >= 0.6 is 0 Å². The lowest BCUT2D eigenvalue weighted by Crippen LogP contribution is -2.15. The molecule has 0 spiro atoms.